The van der Waals surface area contributed by atoms with E-state index in [1.165, 1.54) is 11.1 Å². The van der Waals surface area contributed by atoms with E-state index < -0.39 is 0 Å². The van der Waals surface area contributed by atoms with Crippen LogP contribution < -0.4 is 10.9 Å². The van der Waals surface area contributed by atoms with E-state index in [2.05, 4.69) is 33.3 Å². The molecule has 0 amide bonds. The van der Waals surface area contributed by atoms with Crippen molar-refractivity contribution < 1.29 is 4.74 Å². The van der Waals surface area contributed by atoms with Gasteiger partial charge in [-0.15, -0.1) is 0 Å². The smallest absolute Gasteiger partial charge is 0.283 e. The van der Waals surface area contributed by atoms with Crippen LogP contribution in [0, 0.1) is 11.8 Å². The highest BCUT2D eigenvalue weighted by Gasteiger charge is 2.32. The Morgan fingerprint density at radius 2 is 2.39 bits per heavy atom. The first-order valence-electron chi connectivity index (χ1n) is 6.12. The summed E-state index contributed by atoms with van der Waals surface area (Å²) in [5, 5.41) is 7.40. The summed E-state index contributed by atoms with van der Waals surface area (Å²) in [6.45, 7) is 4.09. The van der Waals surface area contributed by atoms with Crippen LogP contribution in [-0.4, -0.2) is 30.0 Å². The van der Waals surface area contributed by atoms with E-state index in [1.807, 2.05) is 0 Å². The van der Waals surface area contributed by atoms with Crippen LogP contribution in [-0.2, 0) is 11.3 Å². The first kappa shape index (κ1) is 13.5. The van der Waals surface area contributed by atoms with Gasteiger partial charge in [-0.3, -0.25) is 4.79 Å². The quantitative estimate of drug-likeness (QED) is 0.868. The highest BCUT2D eigenvalue weighted by atomic mass is 79.9. The Hall–Kier alpha value is -0.880. The van der Waals surface area contributed by atoms with E-state index >= 15 is 0 Å². The normalized spacial score (nSPS) is 21.9. The van der Waals surface area contributed by atoms with Crippen molar-refractivity contribution in [1.29, 1.82) is 0 Å². The molecule has 0 spiro atoms. The fourth-order valence-electron chi connectivity index (χ4n) is 1.85. The van der Waals surface area contributed by atoms with E-state index in [0.717, 1.165) is 24.1 Å². The summed E-state index contributed by atoms with van der Waals surface area (Å²) in [7, 11) is 1.60. The third-order valence-corrected chi connectivity index (χ3v) is 4.09. The molecule has 5 nitrogen and oxygen atoms in total. The molecule has 1 aliphatic carbocycles. The molecule has 1 aromatic rings. The summed E-state index contributed by atoms with van der Waals surface area (Å²) in [6.07, 6.45) is 2.96. The van der Waals surface area contributed by atoms with Crippen LogP contribution in [0.5, 0.6) is 0 Å². The average Bonchev–Trinajstić information content (AvgIpc) is 3.06. The van der Waals surface area contributed by atoms with E-state index in [-0.39, 0.29) is 5.56 Å². The van der Waals surface area contributed by atoms with Gasteiger partial charge in [0, 0.05) is 13.7 Å². The molecular weight excluding hydrogens is 298 g/mol. The molecule has 6 heteroatoms. The Labute approximate surface area is 115 Å². The van der Waals surface area contributed by atoms with Gasteiger partial charge >= 0.3 is 0 Å². The number of anilines is 1. The second-order valence-electron chi connectivity index (χ2n) is 4.75. The van der Waals surface area contributed by atoms with Gasteiger partial charge in [-0.05, 0) is 34.2 Å². The molecule has 0 saturated heterocycles. The predicted octanol–water partition coefficient (Wildman–Crippen LogP) is 1.72. The zero-order valence-corrected chi connectivity index (χ0v) is 12.2. The van der Waals surface area contributed by atoms with E-state index in [4.69, 9.17) is 4.74 Å². The van der Waals surface area contributed by atoms with Crippen molar-refractivity contribution in [3.63, 3.8) is 0 Å². The molecule has 18 heavy (non-hydrogen) atoms. The molecule has 1 fully saturated rings. The molecule has 2 rings (SSSR count). The van der Waals surface area contributed by atoms with Gasteiger partial charge in [0.05, 0.1) is 25.0 Å². The van der Waals surface area contributed by atoms with E-state index in [1.54, 1.807) is 13.3 Å². The van der Waals surface area contributed by atoms with Crippen LogP contribution in [0.2, 0.25) is 0 Å². The second-order valence-corrected chi connectivity index (χ2v) is 5.54. The van der Waals surface area contributed by atoms with Gasteiger partial charge in [0.2, 0.25) is 0 Å². The van der Waals surface area contributed by atoms with Crippen molar-refractivity contribution >= 4 is 21.6 Å². The average molecular weight is 316 g/mol. The lowest BCUT2D eigenvalue weighted by atomic mass is 10.3. The molecule has 2 unspecified atom stereocenters. The minimum absolute atomic E-state index is 0.124. The molecule has 2 atom stereocenters. The van der Waals surface area contributed by atoms with Crippen LogP contribution in [0.3, 0.4) is 0 Å². The van der Waals surface area contributed by atoms with Gasteiger partial charge in [0.15, 0.2) is 0 Å². The summed E-state index contributed by atoms with van der Waals surface area (Å²) in [5.74, 6) is 1.53. The van der Waals surface area contributed by atoms with Crippen molar-refractivity contribution in [2.45, 2.75) is 19.9 Å². The molecule has 100 valence electrons. The SMILES string of the molecule is COCCn1ncc(NCC2CC2C)c(Br)c1=O. The molecule has 0 bridgehead atoms. The molecular formula is C12H18BrN3O2. The van der Waals surface area contributed by atoms with Crippen molar-refractivity contribution in [3.05, 3.63) is 21.0 Å². The zero-order chi connectivity index (χ0) is 13.1. The van der Waals surface area contributed by atoms with Crippen LogP contribution in [0.15, 0.2) is 15.5 Å². The number of ether oxygens (including phenoxy) is 1. The number of nitrogens with one attached hydrogen (secondary N) is 1. The molecule has 1 aliphatic rings. The van der Waals surface area contributed by atoms with Gasteiger partial charge < -0.3 is 10.1 Å². The minimum Gasteiger partial charge on any atom is -0.383 e. The molecule has 1 heterocycles. The molecule has 0 aromatic carbocycles. The monoisotopic (exact) mass is 315 g/mol. The number of methoxy groups -OCH3 is 1. The van der Waals surface area contributed by atoms with Crippen LogP contribution in [0.25, 0.3) is 0 Å². The Morgan fingerprint density at radius 1 is 1.67 bits per heavy atom. The number of halogens is 1. The second kappa shape index (κ2) is 5.84. The highest BCUT2D eigenvalue weighted by molar-refractivity contribution is 9.10. The van der Waals surface area contributed by atoms with Gasteiger partial charge in [-0.25, -0.2) is 4.68 Å². The Balaban J connectivity index is 2.03. The maximum atomic E-state index is 12.0. The fraction of sp³-hybridized carbons (Fsp3) is 0.667. The van der Waals surface area contributed by atoms with Crippen LogP contribution in [0.4, 0.5) is 5.69 Å². The predicted molar refractivity (Wildman–Crippen MR) is 73.8 cm³/mol. The summed E-state index contributed by atoms with van der Waals surface area (Å²) < 4.78 is 6.88. The lowest BCUT2D eigenvalue weighted by Crippen LogP contribution is -2.26. The summed E-state index contributed by atoms with van der Waals surface area (Å²) >= 11 is 3.33. The van der Waals surface area contributed by atoms with Gasteiger partial charge in [-0.2, -0.15) is 5.10 Å². The lowest BCUT2D eigenvalue weighted by Gasteiger charge is -2.10. The zero-order valence-electron chi connectivity index (χ0n) is 10.6. The van der Waals surface area contributed by atoms with Crippen molar-refractivity contribution in [1.82, 2.24) is 9.78 Å². The third kappa shape index (κ3) is 3.11. The van der Waals surface area contributed by atoms with E-state index in [0.29, 0.717) is 17.6 Å². The van der Waals surface area contributed by atoms with Crippen LogP contribution in [0.1, 0.15) is 13.3 Å². The van der Waals surface area contributed by atoms with Crippen molar-refractivity contribution in [2.75, 3.05) is 25.6 Å². The van der Waals surface area contributed by atoms with Gasteiger partial charge in [0.1, 0.15) is 4.47 Å². The first-order valence-corrected chi connectivity index (χ1v) is 6.91. The topological polar surface area (TPSA) is 56.1 Å². The standard InChI is InChI=1S/C12H18BrN3O2/c1-8-5-9(8)6-14-10-7-15-16(3-4-18-2)12(17)11(10)13/h7-9,14H,3-6H2,1-2H3. The molecule has 0 radical (unpaired) electrons. The number of hydrogen-bond acceptors (Lipinski definition) is 4. The number of hydrogen-bond donors (Lipinski definition) is 1. The Bertz CT molecular complexity index is 475. The summed E-state index contributed by atoms with van der Waals surface area (Å²) in [6, 6.07) is 0. The van der Waals surface area contributed by atoms with Gasteiger partial charge in [0.25, 0.3) is 5.56 Å². The van der Waals surface area contributed by atoms with E-state index in [9.17, 15) is 4.79 Å². The molecule has 1 aromatic heterocycles. The summed E-state index contributed by atoms with van der Waals surface area (Å²) in [4.78, 5) is 12.0. The lowest BCUT2D eigenvalue weighted by molar-refractivity contribution is 0.181. The largest absolute Gasteiger partial charge is 0.383 e. The summed E-state index contributed by atoms with van der Waals surface area (Å²) in [5.41, 5.74) is 0.647. The highest BCUT2D eigenvalue weighted by Crippen LogP contribution is 2.37. The van der Waals surface area contributed by atoms with Crippen molar-refractivity contribution in [2.24, 2.45) is 11.8 Å². The van der Waals surface area contributed by atoms with Gasteiger partial charge in [-0.1, -0.05) is 6.92 Å². The molecule has 1 saturated carbocycles. The number of rotatable bonds is 6. The fourth-order valence-corrected chi connectivity index (χ4v) is 2.30. The van der Waals surface area contributed by atoms with Crippen molar-refractivity contribution in [3.8, 4) is 0 Å². The molecule has 1 N–H and O–H groups in total. The first-order chi connectivity index (χ1) is 8.63. The maximum Gasteiger partial charge on any atom is 0.283 e. The minimum atomic E-state index is -0.124. The third-order valence-electron chi connectivity index (χ3n) is 3.32. The maximum absolute atomic E-state index is 12.0. The number of nitrogens with zero attached hydrogens (tertiary/aromatic N) is 2. The Kier molecular flexibility index (Phi) is 4.40. The Morgan fingerprint density at radius 3 is 3.00 bits per heavy atom. The van der Waals surface area contributed by atoms with Crippen LogP contribution >= 0.6 is 15.9 Å². The molecule has 0 aliphatic heterocycles. The number of aromatic nitrogens is 2.